The van der Waals surface area contributed by atoms with Gasteiger partial charge in [0.25, 0.3) is 0 Å². The summed E-state index contributed by atoms with van der Waals surface area (Å²) in [6.07, 6.45) is 1.49. The molecule has 0 radical (unpaired) electrons. The second-order valence-electron chi connectivity index (χ2n) is 4.22. The van der Waals surface area contributed by atoms with Crippen LogP contribution in [0.25, 0.3) is 0 Å². The number of aromatic nitrogens is 2. The zero-order valence-electron chi connectivity index (χ0n) is 10.0. The van der Waals surface area contributed by atoms with Gasteiger partial charge in [0.2, 0.25) is 0 Å². The Hall–Kier alpha value is -1.30. The van der Waals surface area contributed by atoms with Gasteiger partial charge >= 0.3 is 0 Å². The van der Waals surface area contributed by atoms with Gasteiger partial charge in [-0.15, -0.1) is 0 Å². The topological polar surface area (TPSA) is 41.6 Å². The Morgan fingerprint density at radius 3 is 2.53 bits per heavy atom. The summed E-state index contributed by atoms with van der Waals surface area (Å²) in [5.74, 6) is 0.523. The van der Waals surface area contributed by atoms with Crippen LogP contribution in [0.2, 0.25) is 0 Å². The average molecular weight is 205 g/mol. The van der Waals surface area contributed by atoms with E-state index in [1.165, 1.54) is 11.3 Å². The van der Waals surface area contributed by atoms with Crippen molar-refractivity contribution in [1.29, 1.82) is 5.26 Å². The van der Waals surface area contributed by atoms with E-state index in [1.54, 1.807) is 0 Å². The highest BCUT2D eigenvalue weighted by Gasteiger charge is 2.13. The van der Waals surface area contributed by atoms with E-state index in [2.05, 4.69) is 38.9 Å². The molecule has 1 aromatic heterocycles. The van der Waals surface area contributed by atoms with Crippen LogP contribution < -0.4 is 0 Å². The largest absolute Gasteiger partial charge is 0.269 e. The second kappa shape index (κ2) is 4.97. The Morgan fingerprint density at radius 1 is 1.40 bits per heavy atom. The van der Waals surface area contributed by atoms with Gasteiger partial charge in [0.05, 0.1) is 11.8 Å². The predicted octanol–water partition coefficient (Wildman–Crippen LogP) is 2.93. The molecule has 0 saturated carbocycles. The monoisotopic (exact) mass is 205 g/mol. The van der Waals surface area contributed by atoms with Crippen LogP contribution in [0.3, 0.4) is 0 Å². The van der Waals surface area contributed by atoms with Gasteiger partial charge in [-0.05, 0) is 31.7 Å². The van der Waals surface area contributed by atoms with Crippen molar-refractivity contribution < 1.29 is 0 Å². The normalized spacial score (nSPS) is 10.7. The smallest absolute Gasteiger partial charge is 0.0631 e. The second-order valence-corrected chi connectivity index (χ2v) is 4.22. The molecule has 0 N–H and O–H groups in total. The zero-order valence-corrected chi connectivity index (χ0v) is 10.0. The van der Waals surface area contributed by atoms with Crippen molar-refractivity contribution in [2.45, 2.75) is 53.0 Å². The van der Waals surface area contributed by atoms with Gasteiger partial charge in [-0.3, -0.25) is 4.68 Å². The van der Waals surface area contributed by atoms with E-state index in [0.717, 1.165) is 18.7 Å². The predicted molar refractivity (Wildman–Crippen MR) is 60.6 cm³/mol. The minimum atomic E-state index is 0.523. The summed E-state index contributed by atoms with van der Waals surface area (Å²) in [5, 5.41) is 13.0. The first-order valence-electron chi connectivity index (χ1n) is 5.48. The lowest BCUT2D eigenvalue weighted by Crippen LogP contribution is -2.03. The molecule has 1 heterocycles. The van der Waals surface area contributed by atoms with E-state index >= 15 is 0 Å². The molecule has 0 aliphatic rings. The number of rotatable bonds is 4. The van der Waals surface area contributed by atoms with Crippen LogP contribution >= 0.6 is 0 Å². The molecule has 0 aromatic carbocycles. The van der Waals surface area contributed by atoms with Crippen LogP contribution in [0.1, 0.15) is 49.6 Å². The molecule has 15 heavy (non-hydrogen) atoms. The molecule has 0 saturated heterocycles. The summed E-state index contributed by atoms with van der Waals surface area (Å²) in [6.45, 7) is 9.41. The molecule has 0 atom stereocenters. The Kier molecular flexibility index (Phi) is 3.90. The molecule has 0 aliphatic carbocycles. The van der Waals surface area contributed by atoms with Crippen molar-refractivity contribution in [1.82, 2.24) is 9.78 Å². The molecule has 0 spiro atoms. The van der Waals surface area contributed by atoms with Gasteiger partial charge in [0, 0.05) is 18.7 Å². The van der Waals surface area contributed by atoms with Crippen LogP contribution in [-0.4, -0.2) is 9.78 Å². The maximum Gasteiger partial charge on any atom is 0.0631 e. The number of hydrogen-bond acceptors (Lipinski definition) is 2. The van der Waals surface area contributed by atoms with E-state index < -0.39 is 0 Å². The summed E-state index contributed by atoms with van der Waals surface area (Å²) >= 11 is 0. The third-order valence-electron chi connectivity index (χ3n) is 2.67. The van der Waals surface area contributed by atoms with Crippen molar-refractivity contribution >= 4 is 0 Å². The van der Waals surface area contributed by atoms with E-state index in [0.29, 0.717) is 12.3 Å². The summed E-state index contributed by atoms with van der Waals surface area (Å²) < 4.78 is 2.03. The minimum absolute atomic E-state index is 0.523. The lowest BCUT2D eigenvalue weighted by atomic mass is 10.0. The lowest BCUT2D eigenvalue weighted by molar-refractivity contribution is 0.567. The minimum Gasteiger partial charge on any atom is -0.269 e. The molecule has 0 fully saturated rings. The molecule has 1 rings (SSSR count). The number of nitriles is 1. The fourth-order valence-corrected chi connectivity index (χ4v) is 2.07. The highest BCUT2D eigenvalue weighted by Crippen LogP contribution is 2.22. The number of unbranched alkanes of at least 4 members (excludes halogenated alkanes) is 1. The quantitative estimate of drug-likeness (QED) is 0.709. The fraction of sp³-hybridized carbons (Fsp3) is 0.667. The van der Waals surface area contributed by atoms with Crippen LogP contribution in [0, 0.1) is 25.2 Å². The SMILES string of the molecule is Cc1nn(CCCC#N)c(C)c1C(C)C. The van der Waals surface area contributed by atoms with Gasteiger partial charge in [0.1, 0.15) is 0 Å². The number of hydrogen-bond donors (Lipinski definition) is 0. The molecule has 82 valence electrons. The highest BCUT2D eigenvalue weighted by atomic mass is 15.3. The van der Waals surface area contributed by atoms with Gasteiger partial charge in [-0.1, -0.05) is 13.8 Å². The third kappa shape index (κ3) is 2.59. The molecule has 0 aliphatic heterocycles. The van der Waals surface area contributed by atoms with Crippen LogP contribution in [-0.2, 0) is 6.54 Å². The van der Waals surface area contributed by atoms with Gasteiger partial charge in [0.15, 0.2) is 0 Å². The molecule has 1 aromatic rings. The first kappa shape index (κ1) is 11.8. The summed E-state index contributed by atoms with van der Waals surface area (Å²) in [5.41, 5.74) is 3.73. The molecule has 0 amide bonds. The van der Waals surface area contributed by atoms with Gasteiger partial charge in [-0.25, -0.2) is 0 Å². The van der Waals surface area contributed by atoms with Crippen LogP contribution in [0.5, 0.6) is 0 Å². The Labute approximate surface area is 91.7 Å². The Morgan fingerprint density at radius 2 is 2.07 bits per heavy atom. The molecule has 3 heteroatoms. The first-order valence-corrected chi connectivity index (χ1v) is 5.48. The fourth-order valence-electron chi connectivity index (χ4n) is 2.07. The third-order valence-corrected chi connectivity index (χ3v) is 2.67. The van der Waals surface area contributed by atoms with Crippen LogP contribution in [0.4, 0.5) is 0 Å². The standard InChI is InChI=1S/C12H19N3/c1-9(2)12-10(3)14-15(11(12)4)8-6-5-7-13/h9H,5-6,8H2,1-4H3. The van der Waals surface area contributed by atoms with Crippen molar-refractivity contribution in [2.75, 3.05) is 0 Å². The van der Waals surface area contributed by atoms with Gasteiger partial charge in [-0.2, -0.15) is 10.4 Å². The Bertz CT molecular complexity index is 369. The maximum atomic E-state index is 8.48. The van der Waals surface area contributed by atoms with Crippen LogP contribution in [0.15, 0.2) is 0 Å². The van der Waals surface area contributed by atoms with Crippen molar-refractivity contribution in [3.8, 4) is 6.07 Å². The van der Waals surface area contributed by atoms with E-state index in [-0.39, 0.29) is 0 Å². The van der Waals surface area contributed by atoms with E-state index in [9.17, 15) is 0 Å². The molecular formula is C12H19N3. The maximum absolute atomic E-state index is 8.48. The van der Waals surface area contributed by atoms with E-state index in [4.69, 9.17) is 5.26 Å². The van der Waals surface area contributed by atoms with Gasteiger partial charge < -0.3 is 0 Å². The Balaban J connectivity index is 2.83. The zero-order chi connectivity index (χ0) is 11.4. The summed E-state index contributed by atoms with van der Waals surface area (Å²) in [4.78, 5) is 0. The molecule has 0 bridgehead atoms. The lowest BCUT2D eigenvalue weighted by Gasteiger charge is -2.06. The van der Waals surface area contributed by atoms with Crippen molar-refractivity contribution in [3.63, 3.8) is 0 Å². The first-order chi connectivity index (χ1) is 7.07. The number of aryl methyl sites for hydroxylation is 2. The highest BCUT2D eigenvalue weighted by molar-refractivity contribution is 5.27. The average Bonchev–Trinajstić information content (AvgIpc) is 2.42. The molecule has 0 unspecified atom stereocenters. The molecule has 3 nitrogen and oxygen atoms in total. The van der Waals surface area contributed by atoms with Crippen molar-refractivity contribution in [2.24, 2.45) is 0 Å². The van der Waals surface area contributed by atoms with Crippen molar-refractivity contribution in [3.05, 3.63) is 17.0 Å². The summed E-state index contributed by atoms with van der Waals surface area (Å²) in [7, 11) is 0. The van der Waals surface area contributed by atoms with E-state index in [1.807, 2.05) is 4.68 Å². The summed E-state index contributed by atoms with van der Waals surface area (Å²) in [6, 6.07) is 2.16. The number of nitrogens with zero attached hydrogens (tertiary/aromatic N) is 3. The molecular weight excluding hydrogens is 186 g/mol.